The molecule has 0 unspecified atom stereocenters. The molecule has 0 amide bonds. The van der Waals surface area contributed by atoms with Gasteiger partial charge in [0, 0.05) is 0 Å². The fourth-order valence-corrected chi connectivity index (χ4v) is 1.15. The van der Waals surface area contributed by atoms with E-state index in [0.717, 1.165) is 25.7 Å². The molecule has 1 radical (unpaired) electrons. The van der Waals surface area contributed by atoms with Crippen LogP contribution in [0.4, 0.5) is 0 Å². The second kappa shape index (κ2) is 8.31. The lowest BCUT2D eigenvalue weighted by molar-refractivity contribution is 1.23. The molecule has 1 aliphatic rings. The molecule has 0 aliphatic heterocycles. The molecule has 0 saturated carbocycles. The average molecular weight is 185 g/mol. The molecule has 73 valence electrons. The van der Waals surface area contributed by atoms with Gasteiger partial charge < -0.3 is 0 Å². The van der Waals surface area contributed by atoms with E-state index in [1.807, 2.05) is 0 Å². The van der Waals surface area contributed by atoms with Crippen molar-refractivity contribution in [1.82, 2.24) is 0 Å². The van der Waals surface area contributed by atoms with E-state index in [-0.39, 0.29) is 0 Å². The maximum absolute atomic E-state index is 3.23. The van der Waals surface area contributed by atoms with Crippen LogP contribution in [0.3, 0.4) is 0 Å². The molecule has 0 saturated heterocycles. The van der Waals surface area contributed by atoms with Crippen molar-refractivity contribution in [3.63, 3.8) is 0 Å². The van der Waals surface area contributed by atoms with Crippen LogP contribution in [0.1, 0.15) is 25.7 Å². The molecule has 0 nitrogen and oxygen atoms in total. The van der Waals surface area contributed by atoms with Crippen LogP contribution < -0.4 is 0 Å². The molecule has 0 fully saturated rings. The number of hydrogen-bond donors (Lipinski definition) is 0. The molecule has 14 heavy (non-hydrogen) atoms. The van der Waals surface area contributed by atoms with Gasteiger partial charge >= 0.3 is 0 Å². The zero-order valence-corrected chi connectivity index (χ0v) is 8.52. The quantitative estimate of drug-likeness (QED) is 0.497. The van der Waals surface area contributed by atoms with E-state index in [1.54, 1.807) is 0 Å². The monoisotopic (exact) mass is 185 g/mol. The number of hydrogen-bond acceptors (Lipinski definition) is 0. The van der Waals surface area contributed by atoms with Gasteiger partial charge in [0.2, 0.25) is 0 Å². The van der Waals surface area contributed by atoms with Crippen LogP contribution in [-0.2, 0) is 0 Å². The molecule has 1 aliphatic carbocycles. The van der Waals surface area contributed by atoms with Gasteiger partial charge in [-0.15, -0.1) is 0 Å². The van der Waals surface area contributed by atoms with Crippen LogP contribution in [-0.4, -0.2) is 0 Å². The smallest absolute Gasteiger partial charge is 0.00977 e. The molecule has 0 spiro atoms. The van der Waals surface area contributed by atoms with E-state index in [9.17, 15) is 0 Å². The zero-order valence-electron chi connectivity index (χ0n) is 8.52. The topological polar surface area (TPSA) is 0 Å². The fraction of sp³-hybridized carbons (Fsp3) is 0.286. The lowest BCUT2D eigenvalue weighted by Crippen LogP contribution is -1.65. The highest BCUT2D eigenvalue weighted by Gasteiger charge is 1.76. The Balaban J connectivity index is 2.45. The highest BCUT2D eigenvalue weighted by atomic mass is 13.8. The second-order valence-electron chi connectivity index (χ2n) is 3.12. The number of allylic oxidation sites excluding steroid dienone is 10. The molecule has 0 aromatic carbocycles. The normalized spacial score (nSPS) is 18.3. The van der Waals surface area contributed by atoms with Crippen LogP contribution in [0.15, 0.2) is 54.7 Å². The standard InChI is InChI=1S/C14H17/c1-2-4-6-8-10-12-14-13-11-9-7-5-3-1/h1-4,7-10,13H,5-6,11-12H2. The van der Waals surface area contributed by atoms with Crippen molar-refractivity contribution < 1.29 is 0 Å². The van der Waals surface area contributed by atoms with E-state index in [1.165, 1.54) is 0 Å². The van der Waals surface area contributed by atoms with Gasteiger partial charge in [-0.05, 0) is 31.8 Å². The largest absolute Gasteiger partial charge is 0.0844 e. The van der Waals surface area contributed by atoms with Gasteiger partial charge in [0.1, 0.15) is 0 Å². The van der Waals surface area contributed by atoms with Crippen molar-refractivity contribution in [2.75, 3.05) is 0 Å². The van der Waals surface area contributed by atoms with Crippen LogP contribution >= 0.6 is 0 Å². The molecular weight excluding hydrogens is 168 g/mol. The summed E-state index contributed by atoms with van der Waals surface area (Å²) >= 11 is 0. The fourth-order valence-electron chi connectivity index (χ4n) is 1.15. The molecular formula is C14H17. The van der Waals surface area contributed by atoms with Crippen molar-refractivity contribution >= 4 is 0 Å². The predicted molar refractivity (Wildman–Crippen MR) is 62.8 cm³/mol. The Kier molecular flexibility index (Phi) is 6.39. The van der Waals surface area contributed by atoms with Crippen molar-refractivity contribution in [2.45, 2.75) is 25.7 Å². The first kappa shape index (κ1) is 10.8. The molecule has 1 rings (SSSR count). The van der Waals surface area contributed by atoms with Gasteiger partial charge in [-0.25, -0.2) is 0 Å². The third-order valence-electron chi connectivity index (χ3n) is 1.89. The minimum Gasteiger partial charge on any atom is -0.0844 e. The summed E-state index contributed by atoms with van der Waals surface area (Å²) in [5.74, 6) is 0. The van der Waals surface area contributed by atoms with E-state index in [4.69, 9.17) is 0 Å². The van der Waals surface area contributed by atoms with Crippen molar-refractivity contribution in [1.29, 1.82) is 0 Å². The lowest BCUT2D eigenvalue weighted by atomic mass is 10.2. The minimum atomic E-state index is 0.928. The number of rotatable bonds is 0. The summed E-state index contributed by atoms with van der Waals surface area (Å²) in [4.78, 5) is 0. The molecule has 0 heterocycles. The van der Waals surface area contributed by atoms with E-state index >= 15 is 0 Å². The van der Waals surface area contributed by atoms with E-state index in [2.05, 4.69) is 60.8 Å². The Morgan fingerprint density at radius 1 is 0.643 bits per heavy atom. The molecule has 0 N–H and O–H groups in total. The molecule has 0 aromatic rings. The SMILES string of the molecule is [C]1=CCC=CCC=CC=CCC=CC1. The summed E-state index contributed by atoms with van der Waals surface area (Å²) in [7, 11) is 0. The van der Waals surface area contributed by atoms with E-state index < -0.39 is 0 Å². The first-order chi connectivity index (χ1) is 7.00. The Morgan fingerprint density at radius 2 is 1.29 bits per heavy atom. The predicted octanol–water partition coefficient (Wildman–Crippen LogP) is 4.14. The Labute approximate surface area is 87.0 Å². The average Bonchev–Trinajstić information content (AvgIpc) is 2.22. The molecule has 0 bridgehead atoms. The first-order valence-electron chi connectivity index (χ1n) is 5.17. The van der Waals surface area contributed by atoms with Crippen LogP contribution in [0, 0.1) is 6.08 Å². The van der Waals surface area contributed by atoms with Gasteiger partial charge in [0.25, 0.3) is 0 Å². The van der Waals surface area contributed by atoms with Crippen molar-refractivity contribution in [3.05, 3.63) is 60.8 Å². The summed E-state index contributed by atoms with van der Waals surface area (Å²) in [5, 5.41) is 0. The third-order valence-corrected chi connectivity index (χ3v) is 1.89. The minimum absolute atomic E-state index is 0.928. The van der Waals surface area contributed by atoms with Gasteiger partial charge in [-0.2, -0.15) is 0 Å². The van der Waals surface area contributed by atoms with Crippen LogP contribution in [0.2, 0.25) is 0 Å². The van der Waals surface area contributed by atoms with Gasteiger partial charge in [-0.3, -0.25) is 0 Å². The van der Waals surface area contributed by atoms with Gasteiger partial charge in [0.15, 0.2) is 0 Å². The van der Waals surface area contributed by atoms with Crippen molar-refractivity contribution in [3.8, 4) is 0 Å². The van der Waals surface area contributed by atoms with Crippen LogP contribution in [0.5, 0.6) is 0 Å². The highest BCUT2D eigenvalue weighted by Crippen LogP contribution is 1.96. The Morgan fingerprint density at radius 3 is 2.07 bits per heavy atom. The summed E-state index contributed by atoms with van der Waals surface area (Å²) in [6.45, 7) is 0. The van der Waals surface area contributed by atoms with Gasteiger partial charge in [-0.1, -0.05) is 54.7 Å². The molecule has 0 aromatic heterocycles. The lowest BCUT2D eigenvalue weighted by Gasteiger charge is -1.85. The molecule has 0 atom stereocenters. The summed E-state index contributed by atoms with van der Waals surface area (Å²) < 4.78 is 0. The summed E-state index contributed by atoms with van der Waals surface area (Å²) in [5.41, 5.74) is 0. The highest BCUT2D eigenvalue weighted by molar-refractivity contribution is 5.07. The third kappa shape index (κ3) is 6.24. The molecule has 0 heteroatoms. The summed E-state index contributed by atoms with van der Waals surface area (Å²) in [6.07, 6.45) is 26.5. The van der Waals surface area contributed by atoms with E-state index in [0.29, 0.717) is 0 Å². The van der Waals surface area contributed by atoms with Crippen LogP contribution in [0.25, 0.3) is 0 Å². The second-order valence-corrected chi connectivity index (χ2v) is 3.12. The summed E-state index contributed by atoms with van der Waals surface area (Å²) in [6, 6.07) is 0. The Hall–Kier alpha value is -1.30. The van der Waals surface area contributed by atoms with Gasteiger partial charge in [0.05, 0.1) is 0 Å². The maximum atomic E-state index is 3.23. The Bertz CT molecular complexity index is 234. The first-order valence-corrected chi connectivity index (χ1v) is 5.17. The zero-order chi connectivity index (χ0) is 9.90. The van der Waals surface area contributed by atoms with Crippen molar-refractivity contribution in [2.24, 2.45) is 0 Å². The maximum Gasteiger partial charge on any atom is -0.00977 e.